The van der Waals surface area contributed by atoms with Crippen LogP contribution in [0.25, 0.3) is 11.0 Å². The van der Waals surface area contributed by atoms with E-state index in [-0.39, 0.29) is 57.1 Å². The molecule has 294 valence electrons. The number of para-hydroxylation sites is 1. The van der Waals surface area contributed by atoms with Gasteiger partial charge in [-0.05, 0) is 49.8 Å². The molecular formula is C41H52N6O8. The third-order valence-electron chi connectivity index (χ3n) is 11.0. The summed E-state index contributed by atoms with van der Waals surface area (Å²) < 4.78 is 20.2. The largest absolute Gasteiger partial charge is 0.455 e. The van der Waals surface area contributed by atoms with Gasteiger partial charge in [0.15, 0.2) is 0 Å². The van der Waals surface area contributed by atoms with Gasteiger partial charge in [-0.1, -0.05) is 72.7 Å². The van der Waals surface area contributed by atoms with E-state index >= 15 is 0 Å². The number of methoxy groups -OCH3 is 1. The van der Waals surface area contributed by atoms with Gasteiger partial charge < -0.3 is 34.4 Å². The molecule has 3 aliphatic heterocycles. The number of hydrogen-bond donors (Lipinski definition) is 2. The number of rotatable bonds is 21. The maximum absolute atomic E-state index is 14.9. The van der Waals surface area contributed by atoms with Crippen molar-refractivity contribution in [3.8, 4) is 0 Å². The first kappa shape index (κ1) is 39.8. The number of unbranched alkanes of at least 4 members (excludes halogenated alkanes) is 3. The molecule has 3 aromatic rings. The number of fused-ring (bicyclic) bond motifs is 2. The topological polar surface area (TPSA) is 165 Å². The van der Waals surface area contributed by atoms with Crippen molar-refractivity contribution < 1.29 is 38.5 Å². The quantitative estimate of drug-likeness (QED) is 0.0930. The van der Waals surface area contributed by atoms with Crippen molar-refractivity contribution in [2.45, 2.75) is 87.9 Å². The van der Waals surface area contributed by atoms with Gasteiger partial charge in [0.1, 0.15) is 29.9 Å². The molecule has 3 fully saturated rings. The predicted molar refractivity (Wildman–Crippen MR) is 203 cm³/mol. The summed E-state index contributed by atoms with van der Waals surface area (Å²) in [5.74, 6) is -3.46. The predicted octanol–water partition coefficient (Wildman–Crippen LogP) is 3.71. The van der Waals surface area contributed by atoms with E-state index in [2.05, 4.69) is 28.8 Å². The Labute approximate surface area is 321 Å². The zero-order valence-corrected chi connectivity index (χ0v) is 31.5. The van der Waals surface area contributed by atoms with Crippen LogP contribution in [-0.4, -0.2) is 111 Å². The normalized spacial score (nSPS) is 23.7. The van der Waals surface area contributed by atoms with E-state index in [0.717, 1.165) is 18.4 Å². The molecule has 3 amide bonds. The second-order valence-corrected chi connectivity index (χ2v) is 14.5. The zero-order valence-electron chi connectivity index (χ0n) is 31.5. The van der Waals surface area contributed by atoms with Gasteiger partial charge in [-0.25, -0.2) is 4.68 Å². The fourth-order valence-corrected chi connectivity index (χ4v) is 8.54. The molecule has 0 radical (unpaired) electrons. The van der Waals surface area contributed by atoms with Crippen molar-refractivity contribution in [2.75, 3.05) is 33.4 Å². The summed E-state index contributed by atoms with van der Waals surface area (Å²) in [5.41, 5.74) is 0.826. The Morgan fingerprint density at radius 3 is 2.60 bits per heavy atom. The van der Waals surface area contributed by atoms with Gasteiger partial charge in [-0.15, -0.1) is 18.3 Å². The van der Waals surface area contributed by atoms with E-state index in [4.69, 9.17) is 14.2 Å². The minimum atomic E-state index is -1.26. The summed E-state index contributed by atoms with van der Waals surface area (Å²) in [5, 5.41) is 20.9. The van der Waals surface area contributed by atoms with Gasteiger partial charge in [0.25, 0.3) is 0 Å². The van der Waals surface area contributed by atoms with Crippen molar-refractivity contribution >= 4 is 34.7 Å². The van der Waals surface area contributed by atoms with Gasteiger partial charge >= 0.3 is 5.97 Å². The van der Waals surface area contributed by atoms with E-state index in [1.807, 2.05) is 54.6 Å². The molecule has 1 spiro atoms. The Bertz CT molecular complexity index is 1830. The Morgan fingerprint density at radius 1 is 1.09 bits per heavy atom. The number of carbonyl (C=O) groups excluding carboxylic acids is 4. The van der Waals surface area contributed by atoms with Crippen LogP contribution >= 0.6 is 0 Å². The van der Waals surface area contributed by atoms with Crippen molar-refractivity contribution in [1.29, 1.82) is 0 Å². The third-order valence-corrected chi connectivity index (χ3v) is 11.0. The van der Waals surface area contributed by atoms with Gasteiger partial charge in [0, 0.05) is 33.2 Å². The first-order valence-electron chi connectivity index (χ1n) is 19.2. The number of nitrogens with one attached hydrogen (secondary N) is 1. The van der Waals surface area contributed by atoms with Gasteiger partial charge in [0.05, 0.1) is 36.1 Å². The Kier molecular flexibility index (Phi) is 13.1. The zero-order chi connectivity index (χ0) is 39.0. The van der Waals surface area contributed by atoms with Crippen LogP contribution in [0.4, 0.5) is 0 Å². The molecule has 2 bridgehead atoms. The Morgan fingerprint density at radius 2 is 1.85 bits per heavy atom. The van der Waals surface area contributed by atoms with E-state index in [1.54, 1.807) is 26.6 Å². The smallest absolute Gasteiger partial charge is 0.313 e. The minimum absolute atomic E-state index is 0.0599. The van der Waals surface area contributed by atoms with Crippen LogP contribution in [0.5, 0.6) is 0 Å². The fraction of sp³-hybridized carbons (Fsp3) is 0.512. The molecule has 2 N–H and O–H groups in total. The van der Waals surface area contributed by atoms with Crippen molar-refractivity contribution in [1.82, 2.24) is 30.1 Å². The molecule has 14 nitrogen and oxygen atoms in total. The number of allylic oxidation sites excluding steroid dienone is 1. The third kappa shape index (κ3) is 8.21. The van der Waals surface area contributed by atoms with Gasteiger partial charge in [-0.3, -0.25) is 19.2 Å². The summed E-state index contributed by atoms with van der Waals surface area (Å²) in [4.78, 5) is 60.3. The molecule has 0 unspecified atom stereocenters. The molecule has 1 aromatic heterocycles. The Balaban J connectivity index is 1.31. The second kappa shape index (κ2) is 18.1. The molecule has 3 saturated heterocycles. The molecule has 2 aromatic carbocycles. The van der Waals surface area contributed by atoms with Gasteiger partial charge in [-0.2, -0.15) is 0 Å². The van der Waals surface area contributed by atoms with Crippen molar-refractivity contribution in [2.24, 2.45) is 11.8 Å². The van der Waals surface area contributed by atoms with Gasteiger partial charge in [0.2, 0.25) is 17.7 Å². The van der Waals surface area contributed by atoms with Crippen molar-refractivity contribution in [3.05, 3.63) is 85.5 Å². The lowest BCUT2D eigenvalue weighted by atomic mass is 9.70. The van der Waals surface area contributed by atoms with Crippen LogP contribution in [0.2, 0.25) is 0 Å². The van der Waals surface area contributed by atoms with E-state index in [1.165, 1.54) is 7.11 Å². The lowest BCUT2D eigenvalue weighted by molar-refractivity contribution is -0.163. The summed E-state index contributed by atoms with van der Waals surface area (Å²) in [6.45, 7) is 8.26. The number of nitrogens with zero attached hydrogens (tertiary/aromatic N) is 5. The first-order valence-corrected chi connectivity index (χ1v) is 19.2. The molecule has 6 rings (SSSR count). The number of aromatic nitrogens is 3. The number of carbonyl (C=O) groups is 4. The molecule has 55 heavy (non-hydrogen) atoms. The highest BCUT2D eigenvalue weighted by molar-refractivity contribution is 5.98. The monoisotopic (exact) mass is 756 g/mol. The number of aliphatic hydroxyl groups is 1. The summed E-state index contributed by atoms with van der Waals surface area (Å²) >= 11 is 0. The average Bonchev–Trinajstić information content (AvgIpc) is 3.95. The molecule has 7 atom stereocenters. The average molecular weight is 757 g/mol. The molecule has 0 saturated carbocycles. The minimum Gasteiger partial charge on any atom is -0.455 e. The molecule has 3 aliphatic rings. The number of amides is 3. The van der Waals surface area contributed by atoms with E-state index < -0.39 is 47.7 Å². The van der Waals surface area contributed by atoms with Crippen LogP contribution < -0.4 is 5.32 Å². The lowest BCUT2D eigenvalue weighted by Gasteiger charge is -2.36. The van der Waals surface area contributed by atoms with Crippen molar-refractivity contribution in [3.63, 3.8) is 0 Å². The van der Waals surface area contributed by atoms with E-state index in [0.29, 0.717) is 43.2 Å². The Hall–Kier alpha value is -4.92. The van der Waals surface area contributed by atoms with Crippen LogP contribution in [0.1, 0.15) is 63.0 Å². The summed E-state index contributed by atoms with van der Waals surface area (Å²) in [7, 11) is 1.51. The van der Waals surface area contributed by atoms with E-state index in [9.17, 15) is 24.3 Å². The summed E-state index contributed by atoms with van der Waals surface area (Å²) in [6.07, 6.45) is 6.03. The SMILES string of the molecule is C=CCCC(=O)N[C@H](COC)[C@H](OC(=O)[C@@H]1[C@@H]2CC[C@]3(O2)[C@H](C(=O)N(CC=C)Cn2nnc4ccccc42)N(CCCCCCO)C(=O)[C@@H]13)c1ccccc1. The fourth-order valence-electron chi connectivity index (χ4n) is 8.54. The summed E-state index contributed by atoms with van der Waals surface area (Å²) in [6, 6.07) is 14.8. The number of aliphatic hydroxyl groups excluding tert-OH is 1. The number of ether oxygens (including phenoxy) is 3. The highest BCUT2D eigenvalue weighted by Crippen LogP contribution is 2.59. The highest BCUT2D eigenvalue weighted by atomic mass is 16.6. The lowest BCUT2D eigenvalue weighted by Crippen LogP contribution is -2.56. The van der Waals surface area contributed by atoms with Crippen LogP contribution in [0.3, 0.4) is 0 Å². The van der Waals surface area contributed by atoms with Crippen LogP contribution in [0, 0.1) is 11.8 Å². The molecular weight excluding hydrogens is 704 g/mol. The number of esters is 1. The number of hydrogen-bond acceptors (Lipinski definition) is 10. The molecule has 0 aliphatic carbocycles. The van der Waals surface area contributed by atoms with Crippen LogP contribution in [0.15, 0.2) is 79.9 Å². The molecule has 14 heteroatoms. The number of likely N-dealkylation sites (tertiary alicyclic amines) is 1. The van der Waals surface area contributed by atoms with Crippen LogP contribution in [-0.2, 0) is 40.1 Å². The number of benzene rings is 2. The highest BCUT2D eigenvalue weighted by Gasteiger charge is 2.75. The molecule has 4 heterocycles. The first-order chi connectivity index (χ1) is 26.8. The second-order valence-electron chi connectivity index (χ2n) is 14.5. The maximum atomic E-state index is 14.9. The maximum Gasteiger partial charge on any atom is 0.313 e. The standard InChI is InChI=1S/C41H52N6O8/c1-4-6-20-33(49)42-30(26-53-3)36(28-16-10-9-11-17-28)54-40(52)34-32-21-22-41(55-32)35(34)38(50)46(24-14-7-8-15-25-48)37(41)39(51)45(23-5-2)27-47-31-19-13-12-18-29(31)43-44-47/h4-5,9-13,16-19,30,32,34-37,48H,1-2,6-8,14-15,20-27H2,3H3,(H,42,49)/t30-,32+,34-,35-,36-,37+,41-/m1/s1.